The number of hydrogen-bond acceptors (Lipinski definition) is 7. The highest BCUT2D eigenvalue weighted by atomic mass is 16.5. The largest absolute Gasteiger partial charge is 0.486 e. The van der Waals surface area contributed by atoms with Crippen LogP contribution in [0.15, 0.2) is 60.9 Å². The van der Waals surface area contributed by atoms with Gasteiger partial charge in [-0.15, -0.1) is 0 Å². The summed E-state index contributed by atoms with van der Waals surface area (Å²) < 4.78 is 7.06. The van der Waals surface area contributed by atoms with Gasteiger partial charge in [-0.25, -0.2) is 4.98 Å². The summed E-state index contributed by atoms with van der Waals surface area (Å²) in [5, 5.41) is 14.7. The van der Waals surface area contributed by atoms with Gasteiger partial charge < -0.3 is 25.4 Å². The van der Waals surface area contributed by atoms with E-state index in [0.29, 0.717) is 24.2 Å². The summed E-state index contributed by atoms with van der Waals surface area (Å²) in [6, 6.07) is 10.7. The molecule has 3 amide bonds. The van der Waals surface area contributed by atoms with Gasteiger partial charge in [0.25, 0.3) is 5.91 Å². The molecule has 3 atom stereocenters. The van der Waals surface area contributed by atoms with Gasteiger partial charge in [-0.1, -0.05) is 38.1 Å². The number of nitrogens with zero attached hydrogens (tertiary/aromatic N) is 3. The SMILES string of the molecule is CC(C)[C@H](NC(=O)c1cnc2ccccn12)C(=O)N1CCC[C@H]1C(=O)N[C@@H](CC(=O)O)C(=O)COc1ccccc1. The van der Waals surface area contributed by atoms with Crippen molar-refractivity contribution in [2.24, 2.45) is 5.92 Å². The molecule has 1 aliphatic rings. The molecular formula is C29H33N5O7. The standard InChI is InChI=1S/C29H33N5O7/c1-18(2)26(32-28(39)22-16-30-24-12-6-7-13-33(22)24)29(40)34-14-8-11-21(34)27(38)31-20(15-25(36)37)23(35)17-41-19-9-4-3-5-10-19/h3-7,9-10,12-13,16,18,20-21,26H,8,11,14-15,17H2,1-2H3,(H,31,38)(H,32,39)(H,36,37)/t20-,21-,26-/m0/s1. The zero-order valence-electron chi connectivity index (χ0n) is 22.9. The minimum absolute atomic E-state index is 0.266. The Morgan fingerprint density at radius 1 is 1.05 bits per heavy atom. The van der Waals surface area contributed by atoms with Crippen molar-refractivity contribution in [1.82, 2.24) is 24.9 Å². The molecule has 0 bridgehead atoms. The molecule has 12 nitrogen and oxygen atoms in total. The minimum atomic E-state index is -1.34. The number of fused-ring (bicyclic) bond motifs is 1. The van der Waals surface area contributed by atoms with Crippen LogP contribution < -0.4 is 15.4 Å². The minimum Gasteiger partial charge on any atom is -0.486 e. The number of para-hydroxylation sites is 1. The number of carboxylic acids is 1. The topological polar surface area (TPSA) is 159 Å². The summed E-state index contributed by atoms with van der Waals surface area (Å²) in [5.41, 5.74) is 0.850. The molecule has 0 saturated carbocycles. The molecule has 3 heterocycles. The first-order chi connectivity index (χ1) is 19.7. The highest BCUT2D eigenvalue weighted by Gasteiger charge is 2.40. The van der Waals surface area contributed by atoms with Gasteiger partial charge in [0.15, 0.2) is 5.78 Å². The average molecular weight is 564 g/mol. The molecule has 0 spiro atoms. The predicted octanol–water partition coefficient (Wildman–Crippen LogP) is 1.69. The van der Waals surface area contributed by atoms with Crippen LogP contribution in [0, 0.1) is 5.92 Å². The molecule has 12 heteroatoms. The van der Waals surface area contributed by atoms with Gasteiger partial charge >= 0.3 is 5.97 Å². The van der Waals surface area contributed by atoms with E-state index in [-0.39, 0.29) is 18.2 Å². The van der Waals surface area contributed by atoms with Gasteiger partial charge in [-0.3, -0.25) is 28.4 Å². The molecule has 1 saturated heterocycles. The highest BCUT2D eigenvalue weighted by Crippen LogP contribution is 2.21. The second-order valence-electron chi connectivity index (χ2n) is 10.2. The van der Waals surface area contributed by atoms with Crippen molar-refractivity contribution in [3.63, 3.8) is 0 Å². The van der Waals surface area contributed by atoms with Crippen molar-refractivity contribution in [3.05, 3.63) is 66.6 Å². The molecule has 0 radical (unpaired) electrons. The average Bonchev–Trinajstić information content (AvgIpc) is 3.62. The summed E-state index contributed by atoms with van der Waals surface area (Å²) in [6.45, 7) is 3.42. The second-order valence-corrected chi connectivity index (χ2v) is 10.2. The Morgan fingerprint density at radius 2 is 1.78 bits per heavy atom. The number of carbonyl (C=O) groups excluding carboxylic acids is 4. The number of rotatable bonds is 12. The zero-order chi connectivity index (χ0) is 29.5. The molecule has 0 unspecified atom stereocenters. The maximum atomic E-state index is 13.7. The lowest BCUT2D eigenvalue weighted by Gasteiger charge is -2.31. The van der Waals surface area contributed by atoms with E-state index in [1.54, 1.807) is 73.0 Å². The smallest absolute Gasteiger partial charge is 0.305 e. The monoisotopic (exact) mass is 563 g/mol. The summed E-state index contributed by atoms with van der Waals surface area (Å²) in [7, 11) is 0. The zero-order valence-corrected chi connectivity index (χ0v) is 22.9. The van der Waals surface area contributed by atoms with Crippen LogP contribution in [0.2, 0.25) is 0 Å². The molecule has 0 aliphatic carbocycles. The van der Waals surface area contributed by atoms with Gasteiger partial charge in [-0.2, -0.15) is 0 Å². The Kier molecular flexibility index (Phi) is 9.33. The van der Waals surface area contributed by atoms with Crippen LogP contribution in [0.5, 0.6) is 5.75 Å². The van der Waals surface area contributed by atoms with E-state index in [4.69, 9.17) is 4.74 Å². The molecule has 216 valence electrons. The summed E-state index contributed by atoms with van der Waals surface area (Å²) in [5.74, 6) is -3.30. The number of likely N-dealkylation sites (tertiary alicyclic amines) is 1. The quantitative estimate of drug-likeness (QED) is 0.300. The maximum Gasteiger partial charge on any atom is 0.305 e. The van der Waals surface area contributed by atoms with Gasteiger partial charge in [0, 0.05) is 12.7 Å². The van der Waals surface area contributed by atoms with E-state index < -0.39 is 60.6 Å². The van der Waals surface area contributed by atoms with Crippen molar-refractivity contribution in [2.45, 2.75) is 51.2 Å². The lowest BCUT2D eigenvalue weighted by Crippen LogP contribution is -2.57. The number of ether oxygens (including phenoxy) is 1. The molecule has 3 N–H and O–H groups in total. The van der Waals surface area contributed by atoms with Crippen LogP contribution in [0.25, 0.3) is 5.65 Å². The summed E-state index contributed by atoms with van der Waals surface area (Å²) in [6.07, 6.45) is 3.36. The van der Waals surface area contributed by atoms with E-state index in [2.05, 4.69) is 15.6 Å². The Balaban J connectivity index is 1.44. The van der Waals surface area contributed by atoms with Crippen LogP contribution in [0.4, 0.5) is 0 Å². The summed E-state index contributed by atoms with van der Waals surface area (Å²) >= 11 is 0. The van der Waals surface area contributed by atoms with Crippen molar-refractivity contribution < 1.29 is 33.8 Å². The molecule has 41 heavy (non-hydrogen) atoms. The first kappa shape index (κ1) is 29.2. The van der Waals surface area contributed by atoms with Crippen molar-refractivity contribution in [3.8, 4) is 5.75 Å². The second kappa shape index (κ2) is 13.1. The van der Waals surface area contributed by atoms with E-state index >= 15 is 0 Å². The number of nitrogens with one attached hydrogen (secondary N) is 2. The first-order valence-corrected chi connectivity index (χ1v) is 13.4. The Hall–Kier alpha value is -4.74. The van der Waals surface area contributed by atoms with Crippen LogP contribution in [0.1, 0.15) is 43.6 Å². The van der Waals surface area contributed by atoms with Gasteiger partial charge in [0.1, 0.15) is 41.8 Å². The number of pyridine rings is 1. The van der Waals surface area contributed by atoms with Gasteiger partial charge in [0.05, 0.1) is 12.6 Å². The van der Waals surface area contributed by atoms with E-state index in [9.17, 15) is 29.1 Å². The van der Waals surface area contributed by atoms with Crippen molar-refractivity contribution >= 4 is 35.1 Å². The highest BCUT2D eigenvalue weighted by molar-refractivity contribution is 5.99. The molecular weight excluding hydrogens is 530 g/mol. The molecule has 1 fully saturated rings. The third-order valence-electron chi connectivity index (χ3n) is 6.92. The molecule has 3 aromatic rings. The number of aliphatic carboxylic acids is 1. The number of aromatic nitrogens is 2. The van der Waals surface area contributed by atoms with Crippen molar-refractivity contribution in [2.75, 3.05) is 13.2 Å². The van der Waals surface area contributed by atoms with Crippen molar-refractivity contribution in [1.29, 1.82) is 0 Å². The number of benzene rings is 1. The first-order valence-electron chi connectivity index (χ1n) is 13.4. The fraction of sp³-hybridized carbons (Fsp3) is 0.379. The Bertz CT molecular complexity index is 1420. The summed E-state index contributed by atoms with van der Waals surface area (Å²) in [4.78, 5) is 69.9. The predicted molar refractivity (Wildman–Crippen MR) is 147 cm³/mol. The van der Waals surface area contributed by atoms with E-state index in [1.807, 2.05) is 0 Å². The number of carbonyl (C=O) groups is 5. The normalized spacial score (nSPS) is 16.3. The van der Waals surface area contributed by atoms with Gasteiger partial charge in [0.2, 0.25) is 11.8 Å². The lowest BCUT2D eigenvalue weighted by molar-refractivity contribution is -0.143. The number of ketones is 1. The Labute approximate surface area is 236 Å². The molecule has 4 rings (SSSR count). The Morgan fingerprint density at radius 3 is 2.49 bits per heavy atom. The number of carboxylic acid groups (broad SMARTS) is 1. The van der Waals surface area contributed by atoms with E-state index in [0.717, 1.165) is 0 Å². The number of imidazole rings is 1. The number of amides is 3. The van der Waals surface area contributed by atoms with Gasteiger partial charge in [-0.05, 0) is 43.0 Å². The molecule has 1 aromatic carbocycles. The number of Topliss-reactive ketones (excluding diaryl/α,β-unsaturated/α-hetero) is 1. The van der Waals surface area contributed by atoms with Crippen LogP contribution in [-0.4, -0.2) is 80.1 Å². The fourth-order valence-corrected chi connectivity index (χ4v) is 4.77. The van der Waals surface area contributed by atoms with Crippen LogP contribution in [0.3, 0.4) is 0 Å². The number of hydrogen-bond donors (Lipinski definition) is 3. The lowest BCUT2D eigenvalue weighted by atomic mass is 10.0. The van der Waals surface area contributed by atoms with Crippen LogP contribution in [-0.2, 0) is 19.2 Å². The molecule has 1 aliphatic heterocycles. The fourth-order valence-electron chi connectivity index (χ4n) is 4.77. The molecule has 2 aromatic heterocycles. The van der Waals surface area contributed by atoms with Crippen LogP contribution >= 0.6 is 0 Å². The third kappa shape index (κ3) is 7.07. The maximum absolute atomic E-state index is 13.7. The van der Waals surface area contributed by atoms with E-state index in [1.165, 1.54) is 11.1 Å². The third-order valence-corrected chi connectivity index (χ3v) is 6.92.